The molecule has 9 heavy (non-hydrogen) atoms. The Morgan fingerprint density at radius 2 is 1.44 bits per heavy atom. The zero-order chi connectivity index (χ0) is 6.95. The SMILES string of the molecule is COOOOOOOO. The fourth-order valence-corrected chi connectivity index (χ4v) is 0.0742. The molecule has 0 rings (SSSR count). The second-order valence-corrected chi connectivity index (χ2v) is 0.581. The van der Waals surface area contributed by atoms with E-state index in [1.54, 1.807) is 0 Å². The third kappa shape index (κ3) is 7.68. The fraction of sp³-hybridized carbons (Fsp3) is 1.00. The van der Waals surface area contributed by atoms with Gasteiger partial charge >= 0.3 is 0 Å². The van der Waals surface area contributed by atoms with E-state index in [1.165, 1.54) is 0 Å². The van der Waals surface area contributed by atoms with E-state index >= 15 is 0 Å². The third-order valence-electron chi connectivity index (χ3n) is 0.210. The van der Waals surface area contributed by atoms with E-state index in [4.69, 9.17) is 5.26 Å². The minimum Gasteiger partial charge on any atom is -0.219 e. The summed E-state index contributed by atoms with van der Waals surface area (Å²) in [7, 11) is 1.16. The lowest BCUT2D eigenvalue weighted by molar-refractivity contribution is -0.810. The summed E-state index contributed by atoms with van der Waals surface area (Å²) in [5.74, 6) is 0. The molecule has 0 saturated heterocycles. The standard InChI is InChI=1S/CH4O8/c1-3-5-7-9-8-6-4-2/h2H,1H3. The molecule has 0 atom stereocenters. The van der Waals surface area contributed by atoms with Crippen molar-refractivity contribution in [1.29, 1.82) is 0 Å². The molecule has 0 aliphatic heterocycles. The van der Waals surface area contributed by atoms with Gasteiger partial charge in [-0.3, -0.25) is 0 Å². The Labute approximate surface area is 48.8 Å². The highest BCUT2D eigenvalue weighted by molar-refractivity contribution is 3.35. The molecule has 0 aromatic heterocycles. The van der Waals surface area contributed by atoms with Crippen molar-refractivity contribution in [3.63, 3.8) is 0 Å². The summed E-state index contributed by atoms with van der Waals surface area (Å²) in [5, 5.41) is 27.5. The molecule has 0 aromatic rings. The van der Waals surface area contributed by atoms with Gasteiger partial charge in [0.1, 0.15) is 0 Å². The monoisotopic (exact) mass is 144 g/mol. The van der Waals surface area contributed by atoms with E-state index in [2.05, 4.69) is 35.1 Å². The Bertz CT molecular complexity index is 37.8. The zero-order valence-electron chi connectivity index (χ0n) is 4.30. The Morgan fingerprint density at radius 3 is 2.00 bits per heavy atom. The maximum absolute atomic E-state index is 7.37. The summed E-state index contributed by atoms with van der Waals surface area (Å²) in [6, 6.07) is 0. The van der Waals surface area contributed by atoms with Crippen LogP contribution in [0.2, 0.25) is 0 Å². The van der Waals surface area contributed by atoms with Gasteiger partial charge in [0.2, 0.25) is 0 Å². The van der Waals surface area contributed by atoms with Crippen LogP contribution < -0.4 is 0 Å². The molecule has 0 aliphatic rings. The first-order valence-electron chi connectivity index (χ1n) is 1.59. The molecule has 0 unspecified atom stereocenters. The Balaban J connectivity index is 2.60. The molecule has 0 bridgehead atoms. The van der Waals surface area contributed by atoms with Gasteiger partial charge in [0, 0.05) is 0 Å². The van der Waals surface area contributed by atoms with Crippen molar-refractivity contribution in [3.05, 3.63) is 0 Å². The number of hydrogen-bond acceptors (Lipinski definition) is 8. The Morgan fingerprint density at radius 1 is 0.889 bits per heavy atom. The highest BCUT2D eigenvalue weighted by atomic mass is 17.9. The van der Waals surface area contributed by atoms with Crippen LogP contribution in [0.25, 0.3) is 0 Å². The van der Waals surface area contributed by atoms with E-state index in [9.17, 15) is 0 Å². The summed E-state index contributed by atoms with van der Waals surface area (Å²) in [5.41, 5.74) is 0. The van der Waals surface area contributed by atoms with Crippen molar-refractivity contribution in [2.24, 2.45) is 0 Å². The Hall–Kier alpha value is -0.320. The topological polar surface area (TPSA) is 84.8 Å². The maximum atomic E-state index is 7.37. The van der Waals surface area contributed by atoms with Gasteiger partial charge in [-0.25, -0.2) is 10.1 Å². The highest BCUT2D eigenvalue weighted by Crippen LogP contribution is 1.83. The van der Waals surface area contributed by atoms with E-state index in [-0.39, 0.29) is 0 Å². The number of rotatable bonds is 6. The second kappa shape index (κ2) is 7.68. The average molecular weight is 144 g/mol. The van der Waals surface area contributed by atoms with Crippen LogP contribution in [0, 0.1) is 0 Å². The minimum atomic E-state index is 1.16. The molecule has 0 aromatic carbocycles. The molecule has 0 heterocycles. The lowest BCUT2D eigenvalue weighted by Gasteiger charge is -1.93. The van der Waals surface area contributed by atoms with Gasteiger partial charge in [-0.1, -0.05) is 0 Å². The van der Waals surface area contributed by atoms with E-state index < -0.39 is 0 Å². The smallest absolute Gasteiger partial charge is 0.0745 e. The van der Waals surface area contributed by atoms with Gasteiger partial charge in [0.05, 0.1) is 7.11 Å². The van der Waals surface area contributed by atoms with Crippen molar-refractivity contribution < 1.29 is 40.4 Å². The van der Waals surface area contributed by atoms with Crippen LogP contribution in [-0.2, 0) is 35.1 Å². The maximum Gasteiger partial charge on any atom is 0.0745 e. The van der Waals surface area contributed by atoms with E-state index in [1.807, 2.05) is 0 Å². The first-order valence-corrected chi connectivity index (χ1v) is 1.59. The van der Waals surface area contributed by atoms with Crippen molar-refractivity contribution in [3.8, 4) is 0 Å². The fourth-order valence-electron chi connectivity index (χ4n) is 0.0742. The average Bonchev–Trinajstić information content (AvgIpc) is 1.89. The van der Waals surface area contributed by atoms with Crippen LogP contribution in [-0.4, -0.2) is 12.4 Å². The third-order valence-corrected chi connectivity index (χ3v) is 0.210. The molecule has 56 valence electrons. The molecule has 0 radical (unpaired) electrons. The zero-order valence-corrected chi connectivity index (χ0v) is 4.30. The summed E-state index contributed by atoms with van der Waals surface area (Å²) in [6.45, 7) is 0. The van der Waals surface area contributed by atoms with Gasteiger partial charge < -0.3 is 0 Å². The molecule has 1 N–H and O–H groups in total. The molecule has 0 amide bonds. The van der Waals surface area contributed by atoms with Gasteiger partial charge in [-0.05, 0) is 30.2 Å². The van der Waals surface area contributed by atoms with Crippen LogP contribution in [0.15, 0.2) is 0 Å². The normalized spacial score (nSPS) is 10.0. The molecule has 0 spiro atoms. The minimum absolute atomic E-state index is 1.16. The van der Waals surface area contributed by atoms with Gasteiger partial charge in [0.25, 0.3) is 0 Å². The summed E-state index contributed by atoms with van der Waals surface area (Å²) in [6.07, 6.45) is 0. The van der Waals surface area contributed by atoms with Gasteiger partial charge in [-0.15, -0.1) is 0 Å². The number of hydrogen-bond donors (Lipinski definition) is 1. The van der Waals surface area contributed by atoms with Crippen LogP contribution in [0.5, 0.6) is 0 Å². The van der Waals surface area contributed by atoms with Crippen LogP contribution in [0.1, 0.15) is 0 Å². The van der Waals surface area contributed by atoms with Crippen LogP contribution >= 0.6 is 0 Å². The summed E-state index contributed by atoms with van der Waals surface area (Å²) >= 11 is 0. The quantitative estimate of drug-likeness (QED) is 0.309. The molecular weight excluding hydrogens is 140 g/mol. The second-order valence-electron chi connectivity index (χ2n) is 0.581. The van der Waals surface area contributed by atoms with Crippen molar-refractivity contribution in [1.82, 2.24) is 0 Å². The van der Waals surface area contributed by atoms with Gasteiger partial charge in [0.15, 0.2) is 0 Å². The molecule has 8 nitrogen and oxygen atoms in total. The van der Waals surface area contributed by atoms with Crippen molar-refractivity contribution in [2.75, 3.05) is 7.11 Å². The lowest BCUT2D eigenvalue weighted by Crippen LogP contribution is -1.98. The summed E-state index contributed by atoms with van der Waals surface area (Å²) in [4.78, 5) is 3.84. The first-order chi connectivity index (χ1) is 4.41. The van der Waals surface area contributed by atoms with Crippen molar-refractivity contribution in [2.45, 2.75) is 0 Å². The van der Waals surface area contributed by atoms with E-state index in [0.717, 1.165) is 7.11 Å². The Kier molecular flexibility index (Phi) is 7.41. The predicted molar refractivity (Wildman–Crippen MR) is 16.1 cm³/mol. The van der Waals surface area contributed by atoms with E-state index in [0.29, 0.717) is 0 Å². The molecule has 0 saturated carbocycles. The molecule has 0 aliphatic carbocycles. The predicted octanol–water partition coefficient (Wildman–Crippen LogP) is -0.305. The largest absolute Gasteiger partial charge is 0.219 e. The first kappa shape index (κ1) is 8.68. The van der Waals surface area contributed by atoms with Crippen molar-refractivity contribution >= 4 is 0 Å². The molecule has 8 heteroatoms. The lowest BCUT2D eigenvalue weighted by atomic mass is 11.8. The molecule has 0 fully saturated rings. The van der Waals surface area contributed by atoms with Crippen LogP contribution in [0.3, 0.4) is 0 Å². The molecular formula is CH4O8. The van der Waals surface area contributed by atoms with Gasteiger partial charge in [-0.2, -0.15) is 0 Å². The van der Waals surface area contributed by atoms with Crippen LogP contribution in [0.4, 0.5) is 0 Å². The summed E-state index contributed by atoms with van der Waals surface area (Å²) < 4.78 is 0. The highest BCUT2D eigenvalue weighted by Gasteiger charge is 1.88.